The lowest BCUT2D eigenvalue weighted by Crippen LogP contribution is -2.28. The molecule has 2 N–H and O–H groups in total. The fourth-order valence-electron chi connectivity index (χ4n) is 4.58. The molecule has 2 aliphatic carbocycles. The van der Waals surface area contributed by atoms with E-state index >= 15 is 0 Å². The first-order valence-electron chi connectivity index (χ1n) is 9.96. The average Bonchev–Trinajstić information content (AvgIpc) is 3.27. The van der Waals surface area contributed by atoms with Crippen LogP contribution >= 0.6 is 0 Å². The molecule has 1 amide bonds. The number of nitrogens with one attached hydrogen (secondary N) is 2. The number of carbonyl (C=O) groups is 1. The summed E-state index contributed by atoms with van der Waals surface area (Å²) in [5.41, 5.74) is 1.17. The SMILES string of the molecule is CCNC(=O)COc1ccc(CNCCC2CC3CCC2C3)cc1OC. The van der Waals surface area contributed by atoms with E-state index in [0.29, 0.717) is 18.0 Å². The summed E-state index contributed by atoms with van der Waals surface area (Å²) < 4.78 is 11.0. The summed E-state index contributed by atoms with van der Waals surface area (Å²) in [4.78, 5) is 11.5. The third kappa shape index (κ3) is 4.91. The molecule has 2 fully saturated rings. The van der Waals surface area contributed by atoms with Crippen molar-refractivity contribution in [3.8, 4) is 11.5 Å². The first-order chi connectivity index (χ1) is 12.7. The molecule has 3 rings (SSSR count). The van der Waals surface area contributed by atoms with Gasteiger partial charge in [-0.05, 0) is 74.6 Å². The number of hydrogen-bond acceptors (Lipinski definition) is 4. The quantitative estimate of drug-likeness (QED) is 0.630. The van der Waals surface area contributed by atoms with Crippen LogP contribution in [0.2, 0.25) is 0 Å². The lowest BCUT2D eigenvalue weighted by atomic mass is 9.86. The zero-order chi connectivity index (χ0) is 18.4. The van der Waals surface area contributed by atoms with Gasteiger partial charge in [-0.3, -0.25) is 4.79 Å². The number of rotatable bonds is 10. The fraction of sp³-hybridized carbons (Fsp3) is 0.667. The van der Waals surface area contributed by atoms with Crippen molar-refractivity contribution in [3.05, 3.63) is 23.8 Å². The zero-order valence-corrected chi connectivity index (χ0v) is 16.1. The van der Waals surface area contributed by atoms with E-state index in [-0.39, 0.29) is 12.5 Å². The van der Waals surface area contributed by atoms with Crippen molar-refractivity contribution in [2.75, 3.05) is 26.8 Å². The van der Waals surface area contributed by atoms with E-state index in [1.165, 1.54) is 37.7 Å². The summed E-state index contributed by atoms with van der Waals surface area (Å²) in [6.07, 6.45) is 7.18. The highest BCUT2D eigenvalue weighted by Gasteiger charge is 2.38. The van der Waals surface area contributed by atoms with E-state index in [1.807, 2.05) is 25.1 Å². The average molecular weight is 360 g/mol. The lowest BCUT2D eigenvalue weighted by molar-refractivity contribution is -0.123. The third-order valence-corrected chi connectivity index (χ3v) is 5.87. The highest BCUT2D eigenvalue weighted by Crippen LogP contribution is 2.49. The molecule has 1 aromatic carbocycles. The number of fused-ring (bicyclic) bond motifs is 2. The largest absolute Gasteiger partial charge is 0.493 e. The van der Waals surface area contributed by atoms with Crippen molar-refractivity contribution < 1.29 is 14.3 Å². The van der Waals surface area contributed by atoms with Gasteiger partial charge in [0.25, 0.3) is 5.91 Å². The van der Waals surface area contributed by atoms with Crippen LogP contribution in [0.25, 0.3) is 0 Å². The summed E-state index contributed by atoms with van der Waals surface area (Å²) in [7, 11) is 1.63. The Bertz CT molecular complexity index is 605. The second-order valence-corrected chi connectivity index (χ2v) is 7.63. The number of benzene rings is 1. The molecule has 0 aliphatic heterocycles. The van der Waals surface area contributed by atoms with Crippen LogP contribution < -0.4 is 20.1 Å². The molecule has 0 aromatic heterocycles. The van der Waals surface area contributed by atoms with Crippen molar-refractivity contribution >= 4 is 5.91 Å². The molecule has 2 bridgehead atoms. The van der Waals surface area contributed by atoms with Crippen LogP contribution in [0.15, 0.2) is 18.2 Å². The fourth-order valence-corrected chi connectivity index (χ4v) is 4.58. The van der Waals surface area contributed by atoms with Gasteiger partial charge in [-0.2, -0.15) is 0 Å². The molecule has 0 heterocycles. The van der Waals surface area contributed by atoms with Gasteiger partial charge in [0.05, 0.1) is 7.11 Å². The Hall–Kier alpha value is -1.75. The Kier molecular flexibility index (Phi) is 6.78. The number of likely N-dealkylation sites (N-methyl/N-ethyl adjacent to an activating group) is 1. The molecule has 5 heteroatoms. The Balaban J connectivity index is 1.42. The van der Waals surface area contributed by atoms with Crippen molar-refractivity contribution in [2.45, 2.75) is 45.6 Å². The molecular formula is C21H32N2O3. The van der Waals surface area contributed by atoms with Crippen LogP contribution in [0.4, 0.5) is 0 Å². The van der Waals surface area contributed by atoms with Crippen molar-refractivity contribution in [1.82, 2.24) is 10.6 Å². The monoisotopic (exact) mass is 360 g/mol. The molecule has 2 aliphatic rings. The molecule has 26 heavy (non-hydrogen) atoms. The Labute approximate surface area is 156 Å². The maximum Gasteiger partial charge on any atom is 0.257 e. The number of amides is 1. The Morgan fingerprint density at radius 3 is 2.81 bits per heavy atom. The van der Waals surface area contributed by atoms with Crippen LogP contribution in [0.1, 0.15) is 44.6 Å². The van der Waals surface area contributed by atoms with Gasteiger partial charge in [0.15, 0.2) is 18.1 Å². The summed E-state index contributed by atoms with van der Waals surface area (Å²) in [5, 5.41) is 6.28. The van der Waals surface area contributed by atoms with Gasteiger partial charge in [-0.15, -0.1) is 0 Å². The number of hydrogen-bond donors (Lipinski definition) is 2. The second kappa shape index (κ2) is 9.26. The van der Waals surface area contributed by atoms with Gasteiger partial charge in [-0.25, -0.2) is 0 Å². The summed E-state index contributed by atoms with van der Waals surface area (Å²) in [6.45, 7) is 4.40. The lowest BCUT2D eigenvalue weighted by Gasteiger charge is -2.21. The molecule has 5 nitrogen and oxygen atoms in total. The molecule has 3 unspecified atom stereocenters. The first kappa shape index (κ1) is 19.0. The van der Waals surface area contributed by atoms with Crippen LogP contribution in [0.3, 0.4) is 0 Å². The minimum absolute atomic E-state index is 0.00530. The minimum Gasteiger partial charge on any atom is -0.493 e. The number of ether oxygens (including phenoxy) is 2. The van der Waals surface area contributed by atoms with Gasteiger partial charge >= 0.3 is 0 Å². The number of methoxy groups -OCH3 is 1. The van der Waals surface area contributed by atoms with Crippen molar-refractivity contribution in [3.63, 3.8) is 0 Å². The summed E-state index contributed by atoms with van der Waals surface area (Å²) in [5.74, 6) is 4.12. The summed E-state index contributed by atoms with van der Waals surface area (Å²) in [6, 6.07) is 5.89. The second-order valence-electron chi connectivity index (χ2n) is 7.63. The standard InChI is InChI=1S/C21H32N2O3/c1-3-23-21(24)14-26-19-7-5-16(12-20(19)25-2)13-22-9-8-18-11-15-4-6-17(18)10-15/h5,7,12,15,17-18,22H,3-4,6,8-11,13-14H2,1-2H3,(H,23,24). The predicted octanol–water partition coefficient (Wildman–Crippen LogP) is 3.13. The molecule has 0 radical (unpaired) electrons. The van der Waals surface area contributed by atoms with Gasteiger partial charge in [0, 0.05) is 13.1 Å². The van der Waals surface area contributed by atoms with Crippen LogP contribution in [0.5, 0.6) is 11.5 Å². The zero-order valence-electron chi connectivity index (χ0n) is 16.1. The van der Waals surface area contributed by atoms with Crippen LogP contribution in [-0.2, 0) is 11.3 Å². The molecule has 0 spiro atoms. The Morgan fingerprint density at radius 2 is 2.12 bits per heavy atom. The normalized spacial score (nSPS) is 23.8. The smallest absolute Gasteiger partial charge is 0.257 e. The third-order valence-electron chi connectivity index (χ3n) is 5.87. The van der Waals surface area contributed by atoms with E-state index in [2.05, 4.69) is 10.6 Å². The van der Waals surface area contributed by atoms with Crippen molar-refractivity contribution in [2.24, 2.45) is 17.8 Å². The maximum absolute atomic E-state index is 11.5. The van der Waals surface area contributed by atoms with E-state index in [9.17, 15) is 4.79 Å². The molecule has 0 saturated heterocycles. The minimum atomic E-state index is -0.124. The molecule has 2 saturated carbocycles. The van der Waals surface area contributed by atoms with E-state index in [0.717, 1.165) is 30.8 Å². The Morgan fingerprint density at radius 1 is 1.23 bits per heavy atom. The van der Waals surface area contributed by atoms with Crippen molar-refractivity contribution in [1.29, 1.82) is 0 Å². The maximum atomic E-state index is 11.5. The highest BCUT2D eigenvalue weighted by atomic mass is 16.5. The van der Waals surface area contributed by atoms with Gasteiger partial charge in [0.1, 0.15) is 0 Å². The molecular weight excluding hydrogens is 328 g/mol. The highest BCUT2D eigenvalue weighted by molar-refractivity contribution is 5.77. The molecule has 3 atom stereocenters. The molecule has 144 valence electrons. The van der Waals surface area contributed by atoms with Crippen LogP contribution in [-0.4, -0.2) is 32.7 Å². The van der Waals surface area contributed by atoms with Gasteiger partial charge in [-0.1, -0.05) is 12.5 Å². The summed E-state index contributed by atoms with van der Waals surface area (Å²) >= 11 is 0. The van der Waals surface area contributed by atoms with Gasteiger partial charge in [0.2, 0.25) is 0 Å². The molecule has 1 aromatic rings. The number of carbonyl (C=O) groups excluding carboxylic acids is 1. The predicted molar refractivity (Wildman–Crippen MR) is 102 cm³/mol. The van der Waals surface area contributed by atoms with E-state index in [4.69, 9.17) is 9.47 Å². The van der Waals surface area contributed by atoms with E-state index in [1.54, 1.807) is 7.11 Å². The van der Waals surface area contributed by atoms with Crippen LogP contribution in [0, 0.1) is 17.8 Å². The topological polar surface area (TPSA) is 59.6 Å². The first-order valence-corrected chi connectivity index (χ1v) is 9.96. The van der Waals surface area contributed by atoms with E-state index < -0.39 is 0 Å². The van der Waals surface area contributed by atoms with Gasteiger partial charge < -0.3 is 20.1 Å².